The van der Waals surface area contributed by atoms with E-state index in [-0.39, 0.29) is 78.5 Å². The number of fused-ring (bicyclic) bond motifs is 13. The Hall–Kier alpha value is -10.6. The summed E-state index contributed by atoms with van der Waals surface area (Å²) in [6, 6.07) is 7.43. The van der Waals surface area contributed by atoms with Gasteiger partial charge in [-0.1, -0.05) is 99.0 Å². The number of amides is 7. The second-order valence-corrected chi connectivity index (χ2v) is 27.1. The number of nitrogens with two attached hydrogens (primary N) is 1. The lowest BCUT2D eigenvalue weighted by atomic mass is 9.87. The van der Waals surface area contributed by atoms with E-state index in [4.69, 9.17) is 43.1 Å². The molecule has 0 aromatic heterocycles. The molecule has 13 rings (SSSR count). The number of carbonyl (C=O) groups is 7. The molecule has 0 radical (unpaired) electrons. The number of phenols is 6. The van der Waals surface area contributed by atoms with E-state index in [0.717, 1.165) is 86.5 Å². The highest BCUT2D eigenvalue weighted by Gasteiger charge is 2.43. The van der Waals surface area contributed by atoms with Crippen molar-refractivity contribution in [3.63, 3.8) is 0 Å². The molecule has 27 nitrogen and oxygen atoms in total. The van der Waals surface area contributed by atoms with Crippen LogP contribution in [0.15, 0.2) is 115 Å². The van der Waals surface area contributed by atoms with Crippen LogP contribution in [0.25, 0.3) is 11.1 Å². The maximum absolute atomic E-state index is 16.1. The summed E-state index contributed by atoms with van der Waals surface area (Å²) in [6.45, 7) is 3.73. The molecule has 7 aromatic rings. The predicted molar refractivity (Wildman–Crippen MR) is 371 cm³/mol. The van der Waals surface area contributed by atoms with Crippen molar-refractivity contribution in [3.05, 3.63) is 164 Å². The number of benzene rings is 7. The Morgan fingerprint density at radius 3 is 1.63 bits per heavy atom. The number of ether oxygens (including phenoxy) is 3. The molecule has 17 N–H and O–H groups in total. The molecule has 0 saturated carbocycles. The van der Waals surface area contributed by atoms with Gasteiger partial charge in [-0.15, -0.1) is 0 Å². The third-order valence-corrected chi connectivity index (χ3v) is 19.0. The first-order valence-corrected chi connectivity index (χ1v) is 34.0. The number of carbonyl (C=O) groups excluding carboxylic acids is 7. The third kappa shape index (κ3) is 16.0. The minimum absolute atomic E-state index is 0.0401. The second-order valence-electron chi connectivity index (χ2n) is 26.3. The summed E-state index contributed by atoms with van der Waals surface area (Å²) in [7, 11) is 4.16. The topological polar surface area (TPSA) is 419 Å². The number of unbranched alkanes of at least 4 members (excludes halogenated alkanes) is 7. The van der Waals surface area contributed by atoms with Gasteiger partial charge in [0.1, 0.15) is 94.7 Å². The van der Waals surface area contributed by atoms with Crippen LogP contribution in [0.5, 0.6) is 69.0 Å². The Bertz CT molecular complexity index is 4440. The van der Waals surface area contributed by atoms with Crippen LogP contribution in [0.3, 0.4) is 0 Å². The summed E-state index contributed by atoms with van der Waals surface area (Å²) >= 11 is 13.9. The van der Waals surface area contributed by atoms with Gasteiger partial charge in [-0.05, 0) is 125 Å². The zero-order valence-corrected chi connectivity index (χ0v) is 57.1. The monoisotopic (exact) mass is 1440 g/mol. The van der Waals surface area contributed by atoms with Gasteiger partial charge >= 0.3 is 0 Å². The van der Waals surface area contributed by atoms with Crippen molar-refractivity contribution < 1.29 is 93.1 Å². The van der Waals surface area contributed by atoms with E-state index in [1.54, 1.807) is 0 Å². The molecule has 9 atom stereocenters. The van der Waals surface area contributed by atoms with E-state index < -0.39 is 153 Å². The Labute approximate surface area is 595 Å². The smallest absolute Gasteiger partial charge is 0.248 e. The fraction of sp³-hybridized carbons (Fsp3) is 0.329. The minimum atomic E-state index is -2.26. The predicted octanol–water partition coefficient (Wildman–Crippen LogP) is 8.11. The van der Waals surface area contributed by atoms with Crippen molar-refractivity contribution in [2.75, 3.05) is 33.7 Å². The number of phenolic OH excluding ortho intramolecular Hbond substituents is 6. The third-order valence-electron chi connectivity index (χ3n) is 18.5. The average Bonchev–Trinajstić information content (AvgIpc) is 1.22. The van der Waals surface area contributed by atoms with Crippen molar-refractivity contribution in [3.8, 4) is 80.1 Å². The largest absolute Gasteiger partial charge is 0.508 e. The molecule has 9 unspecified atom stereocenters. The Morgan fingerprint density at radius 2 is 1.00 bits per heavy atom. The number of aromatic hydroxyl groups is 6. The molecular formula is C73H78Cl2N9O18+. The summed E-state index contributed by atoms with van der Waals surface area (Å²) in [5, 5.41) is 113. The number of quaternary nitrogens is 1. The first kappa shape index (κ1) is 72.7. The number of hydrogen-bond acceptors (Lipinski definition) is 19. The standard InChI is InChI=1S/C73H77Cl2N9O18/c1-4-5-6-7-8-9-10-11-23-84(2,3)24-13-22-77-68(94)61-44-33-41(86)34-49(89)56(44)55-43(14-12-15-48(55)88)60-71(97)83-63(73(99)81-61)65(91)37-18-21-51(46(75)28-37)102-54-31-39-30-53(66(54)92)101-50-20-17-36(27-45(50)74)64(90)62-72(98)79-58(69(95)78-59(39)70(96)80-60)38-25-40(85)32-42(26-38)100-52-29-35(16-19-47(52)87)57(76)67(93)82-62/h12,14-21,25-34,57-65,90-91H,4-11,13,22-24,76H2,1-3H3,(H12-,77,78,79,80,81,82,83,85,86,87,88,89,92,93,94,95,96,97,98,99)/p+1. The quantitative estimate of drug-likeness (QED) is 0.0361. The van der Waals surface area contributed by atoms with Crippen LogP contribution in [-0.2, 0) is 33.6 Å². The van der Waals surface area contributed by atoms with Crippen LogP contribution in [0.1, 0.15) is 146 Å². The fourth-order valence-corrected chi connectivity index (χ4v) is 13.4. The van der Waals surface area contributed by atoms with Crippen molar-refractivity contribution in [2.45, 2.75) is 119 Å². The highest BCUT2D eigenvalue weighted by molar-refractivity contribution is 6.32. The lowest BCUT2D eigenvalue weighted by molar-refractivity contribution is -0.890. The molecule has 0 aliphatic carbocycles. The molecule has 7 aromatic carbocycles. The van der Waals surface area contributed by atoms with Crippen LogP contribution in [0, 0.1) is 0 Å². The first-order chi connectivity index (χ1) is 48.7. The van der Waals surface area contributed by atoms with E-state index in [1.165, 1.54) is 86.7 Å². The van der Waals surface area contributed by atoms with Gasteiger partial charge in [-0.3, -0.25) is 33.6 Å². The summed E-state index contributed by atoms with van der Waals surface area (Å²) < 4.78 is 19.2. The summed E-state index contributed by atoms with van der Waals surface area (Å²) in [5.74, 6) is -14.8. The van der Waals surface area contributed by atoms with E-state index in [1.807, 2.05) is 0 Å². The van der Waals surface area contributed by atoms with Gasteiger partial charge in [0.15, 0.2) is 23.0 Å². The number of halogens is 2. The van der Waals surface area contributed by atoms with Crippen molar-refractivity contribution in [1.29, 1.82) is 0 Å². The Balaban J connectivity index is 1.06. The van der Waals surface area contributed by atoms with Crippen molar-refractivity contribution in [1.82, 2.24) is 37.2 Å². The molecule has 0 fully saturated rings. The van der Waals surface area contributed by atoms with Gasteiger partial charge < -0.3 is 102 Å². The first-order valence-electron chi connectivity index (χ1n) is 33.3. The lowest BCUT2D eigenvalue weighted by Crippen LogP contribution is -2.56. The molecule has 102 heavy (non-hydrogen) atoms. The Morgan fingerprint density at radius 1 is 0.480 bits per heavy atom. The number of hydrogen-bond donors (Lipinski definition) is 16. The number of rotatable bonds is 14. The number of nitrogens with zero attached hydrogens (tertiary/aromatic N) is 1. The Kier molecular flexibility index (Phi) is 21.9. The van der Waals surface area contributed by atoms with Gasteiger partial charge in [-0.25, -0.2) is 0 Å². The molecule has 6 heterocycles. The molecule has 0 saturated heterocycles. The summed E-state index contributed by atoms with van der Waals surface area (Å²) in [4.78, 5) is 107. The zero-order chi connectivity index (χ0) is 73.0. The van der Waals surface area contributed by atoms with Crippen LogP contribution in [0.2, 0.25) is 10.0 Å². The summed E-state index contributed by atoms with van der Waals surface area (Å²) in [5.41, 5.74) is 3.87. The highest BCUT2D eigenvalue weighted by Crippen LogP contribution is 2.49. The van der Waals surface area contributed by atoms with Gasteiger partial charge in [0, 0.05) is 36.2 Å². The van der Waals surface area contributed by atoms with Crippen LogP contribution < -0.4 is 57.2 Å². The number of aliphatic hydroxyl groups is 2. The molecular weight excluding hydrogens is 1360 g/mol. The number of aliphatic hydroxyl groups excluding tert-OH is 2. The zero-order valence-electron chi connectivity index (χ0n) is 55.6. The molecule has 0 spiro atoms. The molecule has 6 aliphatic rings. The van der Waals surface area contributed by atoms with E-state index in [0.29, 0.717) is 17.4 Å². The van der Waals surface area contributed by atoms with Gasteiger partial charge in [-0.2, -0.15) is 0 Å². The SMILES string of the molecule is CCCCCCCCCC[N+](C)(C)CCCNC(=O)C1NC(=O)C2NC(=O)C(NC(=O)C3NC(=O)C4NC(=O)C(NC(=O)C(N)c5ccc(O)c(c5)Oc5cc(O)cc4c5)C(O)c4ccc(c(Cl)c4)Oc4cc3cc(c4O)Oc3ccc(cc3Cl)C2O)c2cccc(O)c2-c2c(O)cc(O)cc21. The average molecular weight is 1440 g/mol. The van der Waals surface area contributed by atoms with E-state index in [9.17, 15) is 50.4 Å². The van der Waals surface area contributed by atoms with Gasteiger partial charge in [0.05, 0.1) is 37.2 Å². The number of nitrogens with one attached hydrogen (secondary N) is 7. The lowest BCUT2D eigenvalue weighted by Gasteiger charge is -2.31. The van der Waals surface area contributed by atoms with Crippen LogP contribution in [0.4, 0.5) is 0 Å². The minimum Gasteiger partial charge on any atom is -0.508 e. The fourth-order valence-electron chi connectivity index (χ4n) is 13.0. The molecule has 15 bridgehead atoms. The highest BCUT2D eigenvalue weighted by atomic mass is 35.5. The molecule has 6 aliphatic heterocycles. The summed E-state index contributed by atoms with van der Waals surface area (Å²) in [6.07, 6.45) is 5.48. The van der Waals surface area contributed by atoms with Gasteiger partial charge in [0.25, 0.3) is 0 Å². The van der Waals surface area contributed by atoms with Crippen molar-refractivity contribution in [2.24, 2.45) is 5.73 Å². The van der Waals surface area contributed by atoms with Crippen molar-refractivity contribution >= 4 is 64.6 Å². The second kappa shape index (κ2) is 30.7. The maximum atomic E-state index is 16.1. The van der Waals surface area contributed by atoms with E-state index in [2.05, 4.69) is 58.2 Å². The molecule has 7 amide bonds. The molecule has 536 valence electrons. The normalized spacial score (nSPS) is 21.2. The van der Waals surface area contributed by atoms with E-state index >= 15 is 24.0 Å². The van der Waals surface area contributed by atoms with Crippen LogP contribution in [-0.4, -0.2) is 132 Å². The molecule has 29 heteroatoms. The maximum Gasteiger partial charge on any atom is 0.248 e. The van der Waals surface area contributed by atoms with Gasteiger partial charge in [0.2, 0.25) is 47.1 Å². The van der Waals surface area contributed by atoms with Crippen LogP contribution >= 0.6 is 23.2 Å².